The summed E-state index contributed by atoms with van der Waals surface area (Å²) < 4.78 is 0. The molecule has 0 saturated carbocycles. The number of benzene rings is 3. The second-order valence-corrected chi connectivity index (χ2v) is 9.28. The summed E-state index contributed by atoms with van der Waals surface area (Å²) >= 11 is 5.82. The predicted octanol–water partition coefficient (Wildman–Crippen LogP) is 7.81. The molecule has 0 fully saturated rings. The summed E-state index contributed by atoms with van der Waals surface area (Å²) in [5.41, 5.74) is 5.64. The maximum atomic E-state index is 12.2. The first-order chi connectivity index (χ1) is 19.3. The van der Waals surface area contributed by atoms with Crippen molar-refractivity contribution in [3.8, 4) is 22.3 Å². The molecule has 3 aromatic carbocycles. The lowest BCUT2D eigenvalue weighted by Gasteiger charge is -2.08. The SMILES string of the molecule is CC(=O)c1cccc(-c2ccnc(Cl)c2)c1.CC(=O)c1cccc(-c2ccnc(NC(=O)c3ccccc3)c2)c1. The van der Waals surface area contributed by atoms with Gasteiger partial charge in [0.2, 0.25) is 0 Å². The van der Waals surface area contributed by atoms with Crippen molar-refractivity contribution in [2.75, 3.05) is 5.32 Å². The minimum atomic E-state index is -0.210. The van der Waals surface area contributed by atoms with Gasteiger partial charge in [0.15, 0.2) is 11.6 Å². The van der Waals surface area contributed by atoms with Crippen molar-refractivity contribution in [3.05, 3.63) is 137 Å². The van der Waals surface area contributed by atoms with E-state index in [4.69, 9.17) is 11.6 Å². The number of carbonyl (C=O) groups is 3. The summed E-state index contributed by atoms with van der Waals surface area (Å²) in [5, 5.41) is 3.24. The molecule has 40 heavy (non-hydrogen) atoms. The molecule has 0 aliphatic rings. The largest absolute Gasteiger partial charge is 0.307 e. The summed E-state index contributed by atoms with van der Waals surface area (Å²) in [6.07, 6.45) is 3.29. The van der Waals surface area contributed by atoms with Crippen molar-refractivity contribution in [1.82, 2.24) is 9.97 Å². The summed E-state index contributed by atoms with van der Waals surface area (Å²) in [4.78, 5) is 43.1. The van der Waals surface area contributed by atoms with Gasteiger partial charge >= 0.3 is 0 Å². The second kappa shape index (κ2) is 13.2. The Bertz CT molecular complexity index is 1670. The van der Waals surface area contributed by atoms with Crippen LogP contribution in [0.5, 0.6) is 0 Å². The Balaban J connectivity index is 0.000000201. The van der Waals surface area contributed by atoms with Gasteiger partial charge in [0.1, 0.15) is 11.0 Å². The van der Waals surface area contributed by atoms with Gasteiger partial charge in [-0.15, -0.1) is 0 Å². The highest BCUT2D eigenvalue weighted by atomic mass is 35.5. The maximum Gasteiger partial charge on any atom is 0.256 e. The van der Waals surface area contributed by atoms with Crippen LogP contribution in [0.2, 0.25) is 5.15 Å². The van der Waals surface area contributed by atoms with Crippen molar-refractivity contribution in [1.29, 1.82) is 0 Å². The molecule has 0 spiro atoms. The molecule has 0 saturated heterocycles. The molecule has 1 N–H and O–H groups in total. The quantitative estimate of drug-likeness (QED) is 0.173. The lowest BCUT2D eigenvalue weighted by Crippen LogP contribution is -2.12. The van der Waals surface area contributed by atoms with E-state index in [1.807, 2.05) is 66.7 Å². The standard InChI is InChI=1S/C20H16N2O2.C13H10ClNO/c1-14(23)16-8-5-9-17(12-16)18-10-11-21-19(13-18)22-20(24)15-6-3-2-4-7-15;1-9(16)10-3-2-4-11(7-10)12-5-6-15-13(14)8-12/h2-13H,1H3,(H,21,22,24);2-8H,1H3. The monoisotopic (exact) mass is 547 g/mol. The van der Waals surface area contributed by atoms with E-state index in [9.17, 15) is 14.4 Å². The first kappa shape index (κ1) is 28.1. The van der Waals surface area contributed by atoms with Crippen LogP contribution in [0.15, 0.2) is 116 Å². The van der Waals surface area contributed by atoms with Gasteiger partial charge in [0.05, 0.1) is 0 Å². The second-order valence-electron chi connectivity index (χ2n) is 8.89. The Morgan fingerprint density at radius 2 is 1.07 bits per heavy atom. The Morgan fingerprint density at radius 1 is 0.575 bits per heavy atom. The van der Waals surface area contributed by atoms with E-state index in [1.165, 1.54) is 6.92 Å². The van der Waals surface area contributed by atoms with Crippen LogP contribution >= 0.6 is 11.6 Å². The zero-order valence-electron chi connectivity index (χ0n) is 22.0. The summed E-state index contributed by atoms with van der Waals surface area (Å²) in [6.45, 7) is 3.09. The fourth-order valence-corrected chi connectivity index (χ4v) is 4.05. The minimum Gasteiger partial charge on any atom is -0.307 e. The zero-order chi connectivity index (χ0) is 28.5. The number of nitrogens with zero attached hydrogens (tertiary/aromatic N) is 2. The molecular weight excluding hydrogens is 522 g/mol. The first-order valence-electron chi connectivity index (χ1n) is 12.5. The van der Waals surface area contributed by atoms with Crippen LogP contribution in [0.1, 0.15) is 44.9 Å². The van der Waals surface area contributed by atoms with Gasteiger partial charge in [-0.05, 0) is 84.6 Å². The number of anilines is 1. The smallest absolute Gasteiger partial charge is 0.256 e. The first-order valence-corrected chi connectivity index (χ1v) is 12.8. The molecule has 0 aliphatic carbocycles. The molecule has 5 rings (SSSR count). The Kier molecular flexibility index (Phi) is 9.28. The molecule has 2 aromatic heterocycles. The number of pyridine rings is 2. The normalized spacial score (nSPS) is 10.2. The minimum absolute atomic E-state index is 0.0171. The van der Waals surface area contributed by atoms with E-state index in [0.29, 0.717) is 27.7 Å². The highest BCUT2D eigenvalue weighted by Gasteiger charge is 2.08. The summed E-state index contributed by atoms with van der Waals surface area (Å²) in [6, 6.07) is 31.1. The maximum absolute atomic E-state index is 12.2. The van der Waals surface area contributed by atoms with E-state index in [2.05, 4.69) is 15.3 Å². The summed E-state index contributed by atoms with van der Waals surface area (Å²) in [7, 11) is 0. The van der Waals surface area contributed by atoms with Crippen LogP contribution < -0.4 is 5.32 Å². The van der Waals surface area contributed by atoms with E-state index in [0.717, 1.165) is 22.3 Å². The topological polar surface area (TPSA) is 89.0 Å². The van der Waals surface area contributed by atoms with E-state index in [1.54, 1.807) is 55.7 Å². The Hall–Kier alpha value is -4.94. The molecule has 1 amide bonds. The molecule has 0 bridgehead atoms. The number of nitrogens with one attached hydrogen (secondary N) is 1. The number of Topliss-reactive ketones (excluding diaryl/α,β-unsaturated/α-hetero) is 2. The molecular formula is C33H26ClN3O3. The van der Waals surface area contributed by atoms with Crippen molar-refractivity contribution < 1.29 is 14.4 Å². The number of amides is 1. The van der Waals surface area contributed by atoms with Gasteiger partial charge < -0.3 is 5.32 Å². The molecule has 6 nitrogen and oxygen atoms in total. The van der Waals surface area contributed by atoms with Crippen LogP contribution in [0.25, 0.3) is 22.3 Å². The molecule has 7 heteroatoms. The summed E-state index contributed by atoms with van der Waals surface area (Å²) in [5.74, 6) is 0.331. The van der Waals surface area contributed by atoms with Crippen LogP contribution in [0.3, 0.4) is 0 Å². The highest BCUT2D eigenvalue weighted by Crippen LogP contribution is 2.24. The predicted molar refractivity (Wildman–Crippen MR) is 159 cm³/mol. The van der Waals surface area contributed by atoms with Crippen molar-refractivity contribution in [3.63, 3.8) is 0 Å². The van der Waals surface area contributed by atoms with Gasteiger partial charge in [-0.25, -0.2) is 9.97 Å². The molecule has 2 heterocycles. The van der Waals surface area contributed by atoms with Crippen molar-refractivity contribution >= 4 is 34.9 Å². The van der Waals surface area contributed by atoms with E-state index >= 15 is 0 Å². The number of hydrogen-bond acceptors (Lipinski definition) is 5. The fraction of sp³-hybridized carbons (Fsp3) is 0.0606. The average Bonchev–Trinajstić information content (AvgIpc) is 2.98. The van der Waals surface area contributed by atoms with Crippen LogP contribution in [0, 0.1) is 0 Å². The highest BCUT2D eigenvalue weighted by molar-refractivity contribution is 6.29. The van der Waals surface area contributed by atoms with Gasteiger partial charge in [0, 0.05) is 29.1 Å². The lowest BCUT2D eigenvalue weighted by molar-refractivity contribution is 0.100. The average molecular weight is 548 g/mol. The third-order valence-corrected chi connectivity index (χ3v) is 6.18. The number of rotatable bonds is 6. The van der Waals surface area contributed by atoms with Crippen molar-refractivity contribution in [2.24, 2.45) is 0 Å². The third-order valence-electron chi connectivity index (χ3n) is 5.97. The number of carbonyl (C=O) groups excluding carboxylic acids is 3. The van der Waals surface area contributed by atoms with E-state index in [-0.39, 0.29) is 17.5 Å². The molecule has 0 atom stereocenters. The van der Waals surface area contributed by atoms with E-state index < -0.39 is 0 Å². The third kappa shape index (κ3) is 7.56. The molecule has 0 unspecified atom stereocenters. The zero-order valence-corrected chi connectivity index (χ0v) is 22.7. The molecule has 0 aliphatic heterocycles. The molecule has 0 radical (unpaired) electrons. The molecule has 5 aromatic rings. The number of aromatic nitrogens is 2. The lowest BCUT2D eigenvalue weighted by atomic mass is 10.0. The van der Waals surface area contributed by atoms with Gasteiger partial charge in [-0.1, -0.05) is 66.2 Å². The Morgan fingerprint density at radius 3 is 1.62 bits per heavy atom. The van der Waals surface area contributed by atoms with Crippen molar-refractivity contribution in [2.45, 2.75) is 13.8 Å². The number of ketones is 2. The Labute approximate surface area is 237 Å². The molecule has 198 valence electrons. The fourth-order valence-electron chi connectivity index (χ4n) is 3.87. The van der Waals surface area contributed by atoms with Gasteiger partial charge in [-0.2, -0.15) is 0 Å². The number of halogens is 1. The number of hydrogen-bond donors (Lipinski definition) is 1. The van der Waals surface area contributed by atoms with Crippen LogP contribution in [-0.4, -0.2) is 27.4 Å². The van der Waals surface area contributed by atoms with Crippen LogP contribution in [-0.2, 0) is 0 Å². The van der Waals surface area contributed by atoms with Gasteiger partial charge in [-0.3, -0.25) is 14.4 Å². The van der Waals surface area contributed by atoms with Gasteiger partial charge in [0.25, 0.3) is 5.91 Å². The van der Waals surface area contributed by atoms with Crippen LogP contribution in [0.4, 0.5) is 5.82 Å².